The highest BCUT2D eigenvalue weighted by Gasteiger charge is 2.34. The molecule has 0 unspecified atom stereocenters. The molecule has 0 radical (unpaired) electrons. The van der Waals surface area contributed by atoms with Gasteiger partial charge in [0, 0.05) is 29.7 Å². The lowest BCUT2D eigenvalue weighted by Crippen LogP contribution is -2.39. The van der Waals surface area contributed by atoms with E-state index in [2.05, 4.69) is 16.0 Å². The van der Waals surface area contributed by atoms with E-state index in [9.17, 15) is 14.7 Å². The molecule has 2 aromatic heterocycles. The molecule has 0 saturated heterocycles. The van der Waals surface area contributed by atoms with Crippen LogP contribution in [-0.4, -0.2) is 38.1 Å². The predicted octanol–water partition coefficient (Wildman–Crippen LogP) is 1.32. The first-order valence-electron chi connectivity index (χ1n) is 8.38. The summed E-state index contributed by atoms with van der Waals surface area (Å²) in [5.41, 5.74) is 2.13. The van der Waals surface area contributed by atoms with Crippen LogP contribution < -0.4 is 11.2 Å². The quantitative estimate of drug-likeness (QED) is 0.656. The number of rotatable bonds is 2. The molecule has 1 aliphatic heterocycles. The number of fused-ring (bicyclic) bond motifs is 3. The molecule has 1 aromatic carbocycles. The Labute approximate surface area is 143 Å². The number of nitrogens with one attached hydrogen (secondary N) is 2. The van der Waals surface area contributed by atoms with E-state index in [1.165, 1.54) is 4.57 Å². The molecule has 4 rings (SSSR count). The van der Waals surface area contributed by atoms with Crippen molar-refractivity contribution in [1.82, 2.24) is 19.4 Å². The molecule has 0 fully saturated rings. The molecule has 7 heteroatoms. The Bertz CT molecular complexity index is 1080. The molecule has 3 N–H and O–H groups in total. The van der Waals surface area contributed by atoms with Gasteiger partial charge in [0.25, 0.3) is 5.56 Å². The van der Waals surface area contributed by atoms with E-state index in [-0.39, 0.29) is 18.0 Å². The summed E-state index contributed by atoms with van der Waals surface area (Å²) in [6, 6.07) is 7.58. The van der Waals surface area contributed by atoms with Crippen LogP contribution in [-0.2, 0) is 13.0 Å². The zero-order valence-corrected chi connectivity index (χ0v) is 14.2. The van der Waals surface area contributed by atoms with Gasteiger partial charge in [0.15, 0.2) is 0 Å². The minimum Gasteiger partial charge on any atom is -0.494 e. The summed E-state index contributed by atoms with van der Waals surface area (Å²) in [5, 5.41) is 11.8. The average molecular weight is 340 g/mol. The van der Waals surface area contributed by atoms with Crippen molar-refractivity contribution in [3.05, 3.63) is 61.9 Å². The third kappa shape index (κ3) is 2.23. The fourth-order valence-electron chi connectivity index (χ4n) is 3.84. The van der Waals surface area contributed by atoms with E-state index < -0.39 is 17.3 Å². The Morgan fingerprint density at radius 2 is 2.00 bits per heavy atom. The Morgan fingerprint density at radius 3 is 2.76 bits per heavy atom. The van der Waals surface area contributed by atoms with Crippen LogP contribution in [0.15, 0.2) is 33.9 Å². The summed E-state index contributed by atoms with van der Waals surface area (Å²) in [4.78, 5) is 32.2. The van der Waals surface area contributed by atoms with Gasteiger partial charge in [0.1, 0.15) is 5.56 Å². The van der Waals surface area contributed by atoms with Crippen LogP contribution >= 0.6 is 0 Å². The smallest absolute Gasteiger partial charge is 0.331 e. The van der Waals surface area contributed by atoms with E-state index in [0.717, 1.165) is 35.1 Å². The summed E-state index contributed by atoms with van der Waals surface area (Å²) in [5.74, 6) is -0.264. The average Bonchev–Trinajstić information content (AvgIpc) is 2.95. The molecule has 0 spiro atoms. The van der Waals surface area contributed by atoms with Crippen LogP contribution in [0.5, 0.6) is 5.88 Å². The molecule has 1 aliphatic rings. The number of aromatic nitrogens is 3. The van der Waals surface area contributed by atoms with Gasteiger partial charge >= 0.3 is 5.69 Å². The molecule has 1 atom stereocenters. The van der Waals surface area contributed by atoms with Crippen molar-refractivity contribution >= 4 is 10.9 Å². The predicted molar refractivity (Wildman–Crippen MR) is 95.1 cm³/mol. The van der Waals surface area contributed by atoms with Gasteiger partial charge in [-0.1, -0.05) is 18.2 Å². The first kappa shape index (κ1) is 15.7. The molecular weight excluding hydrogens is 320 g/mol. The van der Waals surface area contributed by atoms with Gasteiger partial charge in [-0.15, -0.1) is 0 Å². The number of benzene rings is 1. The lowest BCUT2D eigenvalue weighted by molar-refractivity contribution is 0.250. The van der Waals surface area contributed by atoms with E-state index in [1.54, 1.807) is 6.92 Å². The second-order valence-corrected chi connectivity index (χ2v) is 6.44. The molecule has 25 heavy (non-hydrogen) atoms. The molecule has 0 amide bonds. The molecule has 7 nitrogen and oxygen atoms in total. The van der Waals surface area contributed by atoms with Crippen LogP contribution in [0.1, 0.15) is 29.8 Å². The largest absolute Gasteiger partial charge is 0.494 e. The zero-order valence-electron chi connectivity index (χ0n) is 14.2. The van der Waals surface area contributed by atoms with Crippen molar-refractivity contribution in [2.75, 3.05) is 13.6 Å². The summed E-state index contributed by atoms with van der Waals surface area (Å²) in [6.07, 6.45) is 0.860. The molecule has 0 aliphatic carbocycles. The standard InChI is InChI=1S/C18H20N4O3/c1-3-22-17(24)13(16(23)20-18(22)25)15-14-11(8-9-21(15)2)10-6-4-5-7-12(10)19-14/h4-7,15,19,24H,3,8-9H2,1-2H3,(H,20,23,25)/t15-/m1/s1. The first-order chi connectivity index (χ1) is 12.0. The van der Waals surface area contributed by atoms with Crippen molar-refractivity contribution in [3.8, 4) is 5.88 Å². The SMILES string of the molecule is CCn1c(O)c([C@@H]2c3[nH]c4ccccc4c3CCN2C)c(=O)[nH]c1=O. The van der Waals surface area contributed by atoms with Crippen molar-refractivity contribution in [2.24, 2.45) is 0 Å². The maximum absolute atomic E-state index is 12.5. The minimum atomic E-state index is -0.593. The second-order valence-electron chi connectivity index (χ2n) is 6.44. The van der Waals surface area contributed by atoms with Gasteiger partial charge in [-0.05, 0) is 32.0 Å². The van der Waals surface area contributed by atoms with E-state index in [4.69, 9.17) is 0 Å². The normalized spacial score (nSPS) is 17.8. The number of H-pyrrole nitrogens is 2. The molecule has 3 aromatic rings. The number of hydrogen-bond acceptors (Lipinski definition) is 4. The van der Waals surface area contributed by atoms with Crippen LogP contribution in [0, 0.1) is 0 Å². The highest BCUT2D eigenvalue weighted by molar-refractivity contribution is 5.85. The van der Waals surface area contributed by atoms with Gasteiger partial charge < -0.3 is 10.1 Å². The first-order valence-corrected chi connectivity index (χ1v) is 8.38. The fourth-order valence-corrected chi connectivity index (χ4v) is 3.84. The fraction of sp³-hybridized carbons (Fsp3) is 0.333. The topological polar surface area (TPSA) is 94.1 Å². The summed E-state index contributed by atoms with van der Waals surface area (Å²) in [6.45, 7) is 2.79. The highest BCUT2D eigenvalue weighted by Crippen LogP contribution is 2.38. The minimum absolute atomic E-state index is 0.205. The number of aromatic amines is 2. The monoisotopic (exact) mass is 340 g/mol. The number of nitrogens with zero attached hydrogens (tertiary/aromatic N) is 2. The summed E-state index contributed by atoms with van der Waals surface area (Å²) in [7, 11) is 1.92. The van der Waals surface area contributed by atoms with Crippen molar-refractivity contribution < 1.29 is 5.11 Å². The van der Waals surface area contributed by atoms with Crippen molar-refractivity contribution in [3.63, 3.8) is 0 Å². The number of para-hydroxylation sites is 1. The van der Waals surface area contributed by atoms with Gasteiger partial charge in [-0.25, -0.2) is 4.79 Å². The maximum atomic E-state index is 12.5. The van der Waals surface area contributed by atoms with Gasteiger partial charge in [-0.3, -0.25) is 19.2 Å². The van der Waals surface area contributed by atoms with Crippen LogP contribution in [0.25, 0.3) is 10.9 Å². The maximum Gasteiger partial charge on any atom is 0.331 e. The Balaban J connectivity index is 2.02. The zero-order chi connectivity index (χ0) is 17.7. The third-order valence-corrected chi connectivity index (χ3v) is 5.07. The van der Waals surface area contributed by atoms with Crippen LogP contribution in [0.2, 0.25) is 0 Å². The van der Waals surface area contributed by atoms with Crippen molar-refractivity contribution in [2.45, 2.75) is 25.9 Å². The van der Waals surface area contributed by atoms with Crippen LogP contribution in [0.4, 0.5) is 0 Å². The molecule has 130 valence electrons. The molecular formula is C18H20N4O3. The highest BCUT2D eigenvalue weighted by atomic mass is 16.3. The van der Waals surface area contributed by atoms with Gasteiger partial charge in [0.05, 0.1) is 6.04 Å². The molecule has 3 heterocycles. The Morgan fingerprint density at radius 1 is 1.24 bits per heavy atom. The lowest BCUT2D eigenvalue weighted by Gasteiger charge is -2.32. The third-order valence-electron chi connectivity index (χ3n) is 5.07. The van der Waals surface area contributed by atoms with E-state index in [1.807, 2.05) is 30.1 Å². The van der Waals surface area contributed by atoms with Crippen molar-refractivity contribution in [1.29, 1.82) is 0 Å². The van der Waals surface area contributed by atoms with Crippen LogP contribution in [0.3, 0.4) is 0 Å². The lowest BCUT2D eigenvalue weighted by atomic mass is 9.94. The Kier molecular flexibility index (Phi) is 3.54. The van der Waals surface area contributed by atoms with E-state index >= 15 is 0 Å². The second kappa shape index (κ2) is 5.63. The Hall–Kier alpha value is -2.80. The van der Waals surface area contributed by atoms with Gasteiger partial charge in [-0.2, -0.15) is 0 Å². The number of aromatic hydroxyl groups is 1. The molecule has 0 saturated carbocycles. The number of likely N-dealkylation sites (N-methyl/N-ethyl adjacent to an activating group) is 1. The molecule has 0 bridgehead atoms. The summed E-state index contributed by atoms with van der Waals surface area (Å²) < 4.78 is 1.18. The van der Waals surface area contributed by atoms with Gasteiger partial charge in [0.2, 0.25) is 5.88 Å². The summed E-state index contributed by atoms with van der Waals surface area (Å²) >= 11 is 0. The number of hydrogen-bond donors (Lipinski definition) is 3. The van der Waals surface area contributed by atoms with E-state index in [0.29, 0.717) is 0 Å².